The summed E-state index contributed by atoms with van der Waals surface area (Å²) >= 11 is 0. The summed E-state index contributed by atoms with van der Waals surface area (Å²) in [5.74, 6) is 0.754. The number of ether oxygens (including phenoxy) is 1. The van der Waals surface area contributed by atoms with Crippen molar-refractivity contribution in [1.29, 1.82) is 0 Å². The number of hydrogen-bond acceptors (Lipinski definition) is 3. The Morgan fingerprint density at radius 1 is 0.955 bits per heavy atom. The number of hydrogen-bond donors (Lipinski definition) is 1. The molecule has 0 amide bonds. The number of unbranched alkanes of at least 4 members (excludes halogenated alkanes) is 6. The van der Waals surface area contributed by atoms with Crippen LogP contribution in [0.1, 0.15) is 84.5 Å². The first-order chi connectivity index (χ1) is 10.7. The molecule has 0 bridgehead atoms. The summed E-state index contributed by atoms with van der Waals surface area (Å²) in [7, 11) is 0. The molecule has 0 saturated carbocycles. The fourth-order valence-corrected chi connectivity index (χ4v) is 2.28. The van der Waals surface area contributed by atoms with E-state index in [1.807, 2.05) is 0 Å². The molecule has 130 valence electrons. The summed E-state index contributed by atoms with van der Waals surface area (Å²) in [4.78, 5) is 11.3. The highest BCUT2D eigenvalue weighted by Gasteiger charge is 2.01. The molecule has 22 heavy (non-hydrogen) atoms. The van der Waals surface area contributed by atoms with Crippen molar-refractivity contribution in [2.75, 3.05) is 13.2 Å². The molecule has 0 aromatic carbocycles. The van der Waals surface area contributed by atoms with Gasteiger partial charge in [0.15, 0.2) is 0 Å². The monoisotopic (exact) mass is 311 g/mol. The molecule has 0 unspecified atom stereocenters. The maximum atomic E-state index is 11.3. The van der Waals surface area contributed by atoms with Gasteiger partial charge in [0.05, 0.1) is 6.61 Å². The molecule has 3 nitrogen and oxygen atoms in total. The van der Waals surface area contributed by atoms with Gasteiger partial charge in [0.2, 0.25) is 0 Å². The van der Waals surface area contributed by atoms with Gasteiger partial charge in [-0.15, -0.1) is 0 Å². The largest absolute Gasteiger partial charge is 0.466 e. The summed E-state index contributed by atoms with van der Waals surface area (Å²) in [6.07, 6.45) is 16.9. The lowest BCUT2D eigenvalue weighted by Gasteiger charge is -2.03. The van der Waals surface area contributed by atoms with E-state index in [1.165, 1.54) is 44.9 Å². The Labute approximate surface area is 137 Å². The third kappa shape index (κ3) is 17.2. The predicted molar refractivity (Wildman–Crippen MR) is 94.8 cm³/mol. The molecule has 0 aliphatic heterocycles. The molecular weight excluding hydrogens is 274 g/mol. The van der Waals surface area contributed by atoms with E-state index in [-0.39, 0.29) is 5.97 Å². The van der Waals surface area contributed by atoms with Crippen molar-refractivity contribution in [2.24, 2.45) is 11.7 Å². The van der Waals surface area contributed by atoms with Crippen LogP contribution >= 0.6 is 0 Å². The van der Waals surface area contributed by atoms with Crippen molar-refractivity contribution >= 4 is 5.97 Å². The quantitative estimate of drug-likeness (QED) is 0.263. The normalized spacial score (nSPS) is 11.5. The number of esters is 1. The van der Waals surface area contributed by atoms with Crippen molar-refractivity contribution in [3.8, 4) is 0 Å². The minimum absolute atomic E-state index is 0.0715. The fourth-order valence-electron chi connectivity index (χ4n) is 2.28. The van der Waals surface area contributed by atoms with Crippen LogP contribution < -0.4 is 5.73 Å². The van der Waals surface area contributed by atoms with Gasteiger partial charge < -0.3 is 10.5 Å². The molecule has 0 atom stereocenters. The summed E-state index contributed by atoms with van der Waals surface area (Å²) in [5, 5.41) is 0. The van der Waals surface area contributed by atoms with E-state index in [0.29, 0.717) is 19.6 Å². The van der Waals surface area contributed by atoms with Crippen LogP contribution in [-0.4, -0.2) is 19.1 Å². The topological polar surface area (TPSA) is 52.3 Å². The molecule has 0 aliphatic carbocycles. The van der Waals surface area contributed by atoms with Crippen LogP contribution in [0.2, 0.25) is 0 Å². The minimum atomic E-state index is -0.0715. The summed E-state index contributed by atoms with van der Waals surface area (Å²) in [6.45, 7) is 5.62. The van der Waals surface area contributed by atoms with Crippen molar-refractivity contribution in [1.82, 2.24) is 0 Å². The second kappa shape index (κ2) is 16.5. The smallest absolute Gasteiger partial charge is 0.305 e. The second-order valence-corrected chi connectivity index (χ2v) is 6.47. The van der Waals surface area contributed by atoms with E-state index < -0.39 is 0 Å². The summed E-state index contributed by atoms with van der Waals surface area (Å²) in [6, 6.07) is 0. The van der Waals surface area contributed by atoms with Crippen molar-refractivity contribution < 1.29 is 9.53 Å². The van der Waals surface area contributed by atoms with E-state index in [0.717, 1.165) is 25.2 Å². The molecule has 0 fully saturated rings. The van der Waals surface area contributed by atoms with Gasteiger partial charge in [-0.3, -0.25) is 4.79 Å². The third-order valence-electron chi connectivity index (χ3n) is 3.68. The highest BCUT2D eigenvalue weighted by atomic mass is 16.5. The summed E-state index contributed by atoms with van der Waals surface area (Å²) < 4.78 is 5.06. The fraction of sp³-hybridized carbons (Fsp3) is 0.842. The van der Waals surface area contributed by atoms with Crippen LogP contribution in [0.4, 0.5) is 0 Å². The maximum absolute atomic E-state index is 11.3. The molecule has 0 heterocycles. The molecule has 0 aromatic heterocycles. The number of carbonyl (C=O) groups is 1. The van der Waals surface area contributed by atoms with Gasteiger partial charge in [0.25, 0.3) is 0 Å². The minimum Gasteiger partial charge on any atom is -0.466 e. The Morgan fingerprint density at radius 3 is 2.27 bits per heavy atom. The Hall–Kier alpha value is -0.830. The van der Waals surface area contributed by atoms with E-state index >= 15 is 0 Å². The van der Waals surface area contributed by atoms with Crippen molar-refractivity contribution in [3.63, 3.8) is 0 Å². The SMILES string of the molecule is CC(C)CCC/C=C\CCCCCCCC(=O)OCCCN. The summed E-state index contributed by atoms with van der Waals surface area (Å²) in [5.41, 5.74) is 5.34. The molecule has 3 heteroatoms. The standard InChI is InChI=1S/C19H37NO2/c1-18(2)14-11-9-7-5-3-4-6-8-10-12-15-19(21)22-17-13-16-20/h5,7,18H,3-4,6,8-17,20H2,1-2H3/b7-5-. The predicted octanol–water partition coefficient (Wildman–Crippen LogP) is 4.99. The number of allylic oxidation sites excluding steroid dienone is 2. The zero-order valence-corrected chi connectivity index (χ0v) is 14.8. The van der Waals surface area contributed by atoms with Crippen molar-refractivity contribution in [3.05, 3.63) is 12.2 Å². The molecular formula is C19H37NO2. The first-order valence-electron chi connectivity index (χ1n) is 9.17. The van der Waals surface area contributed by atoms with Gasteiger partial charge in [-0.1, -0.05) is 51.7 Å². The number of nitrogens with two attached hydrogens (primary N) is 1. The van der Waals surface area contributed by atoms with E-state index in [9.17, 15) is 4.79 Å². The van der Waals surface area contributed by atoms with Gasteiger partial charge >= 0.3 is 5.97 Å². The first-order valence-corrected chi connectivity index (χ1v) is 9.17. The van der Waals surface area contributed by atoms with Gasteiger partial charge in [0.1, 0.15) is 0 Å². The second-order valence-electron chi connectivity index (χ2n) is 6.47. The third-order valence-corrected chi connectivity index (χ3v) is 3.68. The lowest BCUT2D eigenvalue weighted by atomic mass is 10.1. The molecule has 0 aliphatic rings. The van der Waals surface area contributed by atoms with Gasteiger partial charge in [-0.25, -0.2) is 0 Å². The zero-order valence-electron chi connectivity index (χ0n) is 14.8. The average Bonchev–Trinajstić information content (AvgIpc) is 2.48. The highest BCUT2D eigenvalue weighted by Crippen LogP contribution is 2.10. The van der Waals surface area contributed by atoms with Gasteiger partial charge in [-0.05, 0) is 51.0 Å². The van der Waals surface area contributed by atoms with Crippen LogP contribution in [0.25, 0.3) is 0 Å². The first kappa shape index (κ1) is 21.2. The van der Waals surface area contributed by atoms with Crippen LogP contribution in [0.3, 0.4) is 0 Å². The van der Waals surface area contributed by atoms with Gasteiger partial charge in [0, 0.05) is 6.42 Å². The average molecular weight is 312 g/mol. The zero-order chi connectivity index (χ0) is 16.5. The molecule has 2 N–H and O–H groups in total. The Morgan fingerprint density at radius 2 is 1.59 bits per heavy atom. The van der Waals surface area contributed by atoms with Crippen molar-refractivity contribution in [2.45, 2.75) is 84.5 Å². The Bertz CT molecular complexity index is 275. The van der Waals surface area contributed by atoms with Crippen LogP contribution in [0.5, 0.6) is 0 Å². The maximum Gasteiger partial charge on any atom is 0.305 e. The molecule has 0 rings (SSSR count). The van der Waals surface area contributed by atoms with E-state index in [2.05, 4.69) is 26.0 Å². The highest BCUT2D eigenvalue weighted by molar-refractivity contribution is 5.69. The van der Waals surface area contributed by atoms with Crippen LogP contribution in [0.15, 0.2) is 12.2 Å². The number of rotatable bonds is 15. The lowest BCUT2D eigenvalue weighted by molar-refractivity contribution is -0.143. The Balaban J connectivity index is 3.20. The molecule has 0 aromatic rings. The van der Waals surface area contributed by atoms with Crippen LogP contribution in [0, 0.1) is 5.92 Å². The van der Waals surface area contributed by atoms with Gasteiger partial charge in [-0.2, -0.15) is 0 Å². The lowest BCUT2D eigenvalue weighted by Crippen LogP contribution is -2.09. The van der Waals surface area contributed by atoms with E-state index in [1.54, 1.807) is 0 Å². The number of carbonyl (C=O) groups excluding carboxylic acids is 1. The van der Waals surface area contributed by atoms with Crippen LogP contribution in [-0.2, 0) is 9.53 Å². The molecule has 0 spiro atoms. The molecule has 0 saturated heterocycles. The Kier molecular flexibility index (Phi) is 15.9. The molecule has 0 radical (unpaired) electrons. The van der Waals surface area contributed by atoms with E-state index in [4.69, 9.17) is 10.5 Å².